The van der Waals surface area contributed by atoms with Crippen LogP contribution >= 0.6 is 0 Å². The summed E-state index contributed by atoms with van der Waals surface area (Å²) in [6.07, 6.45) is 0.775. The normalized spacial score (nSPS) is 19.7. The number of hydrogen-bond donors (Lipinski definition) is 1. The first-order chi connectivity index (χ1) is 20.6. The highest BCUT2D eigenvalue weighted by Gasteiger charge is 2.28. The van der Waals surface area contributed by atoms with Crippen LogP contribution in [0.1, 0.15) is 21.5 Å². The third kappa shape index (κ3) is 6.89. The Morgan fingerprint density at radius 3 is 2.33 bits per heavy atom. The summed E-state index contributed by atoms with van der Waals surface area (Å²) in [5.74, 6) is 0.914. The van der Waals surface area contributed by atoms with Crippen molar-refractivity contribution in [1.29, 1.82) is 0 Å². The van der Waals surface area contributed by atoms with Crippen LogP contribution in [-0.4, -0.2) is 101 Å². The lowest BCUT2D eigenvalue weighted by Crippen LogP contribution is -2.48. The van der Waals surface area contributed by atoms with Crippen molar-refractivity contribution >= 4 is 17.3 Å². The second-order valence-corrected chi connectivity index (χ2v) is 11.6. The lowest BCUT2D eigenvalue weighted by atomic mass is 9.99. The largest absolute Gasteiger partial charge is 0.491 e. The minimum Gasteiger partial charge on any atom is -0.491 e. The van der Waals surface area contributed by atoms with Crippen LogP contribution < -0.4 is 19.9 Å². The van der Waals surface area contributed by atoms with E-state index in [9.17, 15) is 4.79 Å². The summed E-state index contributed by atoms with van der Waals surface area (Å²) in [5, 5.41) is 3.31. The smallest absolute Gasteiger partial charge is 0.253 e. The van der Waals surface area contributed by atoms with Gasteiger partial charge in [-0.05, 0) is 36.9 Å². The van der Waals surface area contributed by atoms with Crippen molar-refractivity contribution in [3.05, 3.63) is 89.5 Å². The van der Waals surface area contributed by atoms with E-state index in [0.29, 0.717) is 13.2 Å². The number of carbonyl (C=O) groups excluding carboxylic acids is 1. The molecule has 2 fully saturated rings. The van der Waals surface area contributed by atoms with E-state index in [1.54, 1.807) is 0 Å². The van der Waals surface area contributed by atoms with Crippen LogP contribution in [0.15, 0.2) is 72.8 Å². The molecule has 3 heterocycles. The number of ether oxygens (including phenoxy) is 2. The zero-order valence-corrected chi connectivity index (χ0v) is 24.7. The Hall–Kier alpha value is -3.59. The number of benzene rings is 3. The molecule has 3 aliphatic heterocycles. The van der Waals surface area contributed by atoms with Gasteiger partial charge in [-0.25, -0.2) is 0 Å². The van der Waals surface area contributed by atoms with Gasteiger partial charge in [-0.3, -0.25) is 9.69 Å². The summed E-state index contributed by atoms with van der Waals surface area (Å²) >= 11 is 0. The lowest BCUT2D eigenvalue weighted by Gasteiger charge is -2.37. The molecule has 0 radical (unpaired) electrons. The van der Waals surface area contributed by atoms with Gasteiger partial charge in [0.05, 0.1) is 24.8 Å². The highest BCUT2D eigenvalue weighted by molar-refractivity contribution is 6.00. The van der Waals surface area contributed by atoms with E-state index in [2.05, 4.69) is 68.4 Å². The average molecular weight is 570 g/mol. The number of fused-ring (bicyclic) bond motifs is 1. The van der Waals surface area contributed by atoms with Crippen molar-refractivity contribution in [1.82, 2.24) is 15.1 Å². The summed E-state index contributed by atoms with van der Waals surface area (Å²) in [6, 6.07) is 24.6. The van der Waals surface area contributed by atoms with Crippen molar-refractivity contribution in [3.63, 3.8) is 0 Å². The molecular weight excluding hydrogens is 526 g/mol. The van der Waals surface area contributed by atoms with Gasteiger partial charge in [0.25, 0.3) is 5.91 Å². The number of para-hydroxylation sites is 1. The zero-order chi connectivity index (χ0) is 28.7. The molecule has 1 N–H and O–H groups in total. The summed E-state index contributed by atoms with van der Waals surface area (Å²) in [6.45, 7) is 10.6. The van der Waals surface area contributed by atoms with Crippen molar-refractivity contribution in [2.24, 2.45) is 0 Å². The predicted octanol–water partition coefficient (Wildman–Crippen LogP) is 3.51. The molecule has 42 heavy (non-hydrogen) atoms. The standard InChI is InChI=1S/C34H43N5O3/c1-36-14-18-38(19-15-36)32-12-7-13-33-30(32)24-28(26-42-33)35-34(40)29-10-5-6-11-31(29)39-20-16-37(17-21-39)22-23-41-25-27-8-3-2-4-9-27/h2-13,28H,14-26H2,1H3,(H,35,40). The van der Waals surface area contributed by atoms with Crippen molar-refractivity contribution in [3.8, 4) is 5.75 Å². The van der Waals surface area contributed by atoms with Crippen molar-refractivity contribution in [2.45, 2.75) is 19.1 Å². The fraction of sp³-hybridized carbons (Fsp3) is 0.441. The second kappa shape index (κ2) is 13.6. The van der Waals surface area contributed by atoms with E-state index in [-0.39, 0.29) is 11.9 Å². The molecule has 6 rings (SSSR count). The van der Waals surface area contributed by atoms with Crippen LogP contribution in [0, 0.1) is 0 Å². The number of anilines is 2. The summed E-state index contributed by atoms with van der Waals surface area (Å²) in [5.41, 5.74) is 5.39. The second-order valence-electron chi connectivity index (χ2n) is 11.6. The SMILES string of the molecule is CN1CCN(c2cccc3c2CC(NC(=O)c2ccccc2N2CCN(CCOCc4ccccc4)CC2)CO3)CC1. The number of carbonyl (C=O) groups is 1. The Labute approximate surface area is 249 Å². The lowest BCUT2D eigenvalue weighted by molar-refractivity contribution is 0.0903. The van der Waals surface area contributed by atoms with Crippen molar-refractivity contribution in [2.75, 3.05) is 89.0 Å². The number of piperazine rings is 2. The number of likely N-dealkylation sites (N-methyl/N-ethyl adjacent to an activating group) is 1. The molecule has 0 spiro atoms. The van der Waals surface area contributed by atoms with Crippen LogP contribution in [-0.2, 0) is 17.8 Å². The first kappa shape index (κ1) is 28.5. The molecule has 1 unspecified atom stereocenters. The molecule has 3 aromatic rings. The van der Waals surface area contributed by atoms with Gasteiger partial charge >= 0.3 is 0 Å². The Kier molecular flexibility index (Phi) is 9.23. The van der Waals surface area contributed by atoms with Gasteiger partial charge in [-0.2, -0.15) is 0 Å². The van der Waals surface area contributed by atoms with E-state index in [4.69, 9.17) is 9.47 Å². The van der Waals surface area contributed by atoms with Crippen molar-refractivity contribution < 1.29 is 14.3 Å². The van der Waals surface area contributed by atoms with Gasteiger partial charge in [0, 0.05) is 82.3 Å². The zero-order valence-electron chi connectivity index (χ0n) is 24.7. The third-order valence-corrected chi connectivity index (χ3v) is 8.70. The maximum absolute atomic E-state index is 13.6. The van der Waals surface area contributed by atoms with E-state index >= 15 is 0 Å². The monoisotopic (exact) mass is 569 g/mol. The van der Waals surface area contributed by atoms with E-state index in [1.165, 1.54) is 16.8 Å². The van der Waals surface area contributed by atoms with Gasteiger partial charge < -0.3 is 29.5 Å². The molecule has 2 saturated heterocycles. The Morgan fingerprint density at radius 2 is 1.52 bits per heavy atom. The first-order valence-corrected chi connectivity index (χ1v) is 15.3. The van der Waals surface area contributed by atoms with Crippen LogP contribution in [0.3, 0.4) is 0 Å². The maximum Gasteiger partial charge on any atom is 0.253 e. The predicted molar refractivity (Wildman–Crippen MR) is 168 cm³/mol. The van der Waals surface area contributed by atoms with Gasteiger partial charge in [0.1, 0.15) is 12.4 Å². The summed E-state index contributed by atoms with van der Waals surface area (Å²) < 4.78 is 12.1. The molecule has 222 valence electrons. The molecule has 0 saturated carbocycles. The molecule has 8 nitrogen and oxygen atoms in total. The van der Waals surface area contributed by atoms with Gasteiger partial charge in [0.2, 0.25) is 0 Å². The molecular formula is C34H43N5O3. The molecule has 3 aliphatic rings. The Morgan fingerprint density at radius 1 is 0.833 bits per heavy atom. The summed E-state index contributed by atoms with van der Waals surface area (Å²) in [7, 11) is 2.17. The summed E-state index contributed by atoms with van der Waals surface area (Å²) in [4.78, 5) is 23.2. The van der Waals surface area contributed by atoms with Crippen LogP contribution in [0.4, 0.5) is 11.4 Å². The van der Waals surface area contributed by atoms with Gasteiger partial charge in [-0.1, -0.05) is 48.5 Å². The third-order valence-electron chi connectivity index (χ3n) is 8.70. The van der Waals surface area contributed by atoms with E-state index < -0.39 is 0 Å². The quantitative estimate of drug-likeness (QED) is 0.396. The fourth-order valence-electron chi connectivity index (χ4n) is 6.20. The highest BCUT2D eigenvalue weighted by Crippen LogP contribution is 2.34. The van der Waals surface area contributed by atoms with Crippen LogP contribution in [0.2, 0.25) is 0 Å². The van der Waals surface area contributed by atoms with Crippen LogP contribution in [0.5, 0.6) is 5.75 Å². The van der Waals surface area contributed by atoms with Gasteiger partial charge in [0.15, 0.2) is 0 Å². The Bertz CT molecular complexity index is 1320. The molecule has 8 heteroatoms. The molecule has 0 aliphatic carbocycles. The van der Waals surface area contributed by atoms with Crippen LogP contribution in [0.25, 0.3) is 0 Å². The molecule has 0 bridgehead atoms. The average Bonchev–Trinajstić information content (AvgIpc) is 3.04. The molecule has 1 atom stereocenters. The van der Waals surface area contributed by atoms with E-state index in [1.807, 2.05) is 36.4 Å². The number of nitrogens with zero attached hydrogens (tertiary/aromatic N) is 4. The molecule has 0 aromatic heterocycles. The fourth-order valence-corrected chi connectivity index (χ4v) is 6.20. The minimum absolute atomic E-state index is 0.0310. The minimum atomic E-state index is -0.0700. The molecule has 3 aromatic carbocycles. The highest BCUT2D eigenvalue weighted by atomic mass is 16.5. The first-order valence-electron chi connectivity index (χ1n) is 15.3. The Balaban J connectivity index is 1.03. The number of amides is 1. The number of hydrogen-bond acceptors (Lipinski definition) is 7. The molecule has 1 amide bonds. The van der Waals surface area contributed by atoms with Gasteiger partial charge in [-0.15, -0.1) is 0 Å². The number of nitrogens with one attached hydrogen (secondary N) is 1. The topological polar surface area (TPSA) is 60.5 Å². The number of rotatable bonds is 9. The van der Waals surface area contributed by atoms with E-state index in [0.717, 1.165) is 88.9 Å². The maximum atomic E-state index is 13.6.